The molecule has 0 atom stereocenters. The summed E-state index contributed by atoms with van der Waals surface area (Å²) in [6, 6.07) is 13.5. The van der Waals surface area contributed by atoms with Crippen molar-refractivity contribution in [1.82, 2.24) is 14.7 Å². The summed E-state index contributed by atoms with van der Waals surface area (Å²) in [5, 5.41) is 5.22. The number of alkyl halides is 3. The largest absolute Gasteiger partial charge is 0.416 e. The molecule has 1 heterocycles. The van der Waals surface area contributed by atoms with Crippen LogP contribution in [0.1, 0.15) is 16.8 Å². The van der Waals surface area contributed by atoms with Crippen LogP contribution in [0.25, 0.3) is 5.69 Å². The van der Waals surface area contributed by atoms with E-state index in [4.69, 9.17) is 0 Å². The fourth-order valence-electron chi connectivity index (χ4n) is 3.19. The van der Waals surface area contributed by atoms with Gasteiger partial charge in [0.2, 0.25) is 11.8 Å². The van der Waals surface area contributed by atoms with Gasteiger partial charge >= 0.3 is 6.18 Å². The molecule has 1 aromatic heterocycles. The normalized spacial score (nSPS) is 11.3. The molecule has 0 spiro atoms. The van der Waals surface area contributed by atoms with Gasteiger partial charge in [0, 0.05) is 13.6 Å². The van der Waals surface area contributed by atoms with E-state index >= 15 is 0 Å². The van der Waals surface area contributed by atoms with E-state index in [1.807, 2.05) is 18.2 Å². The summed E-state index contributed by atoms with van der Waals surface area (Å²) in [6.45, 7) is 1.80. The molecule has 180 valence electrons. The van der Waals surface area contributed by atoms with Gasteiger partial charge in [0.25, 0.3) is 5.56 Å². The molecule has 3 rings (SSSR count). The molecule has 0 aliphatic heterocycles. The van der Waals surface area contributed by atoms with Gasteiger partial charge in [-0.25, -0.2) is 4.68 Å². The number of carbonyl (C=O) groups is 2. The van der Waals surface area contributed by atoms with Crippen molar-refractivity contribution >= 4 is 29.3 Å². The first-order valence-corrected chi connectivity index (χ1v) is 11.4. The fourth-order valence-corrected chi connectivity index (χ4v) is 3.83. The van der Waals surface area contributed by atoms with E-state index in [2.05, 4.69) is 10.6 Å². The van der Waals surface area contributed by atoms with E-state index in [0.717, 1.165) is 23.9 Å². The maximum atomic E-state index is 12.8. The number of rotatable bonds is 8. The Morgan fingerprint density at radius 2 is 1.59 bits per heavy atom. The van der Waals surface area contributed by atoms with Crippen LogP contribution >= 0.6 is 11.8 Å². The van der Waals surface area contributed by atoms with Crippen LogP contribution in [0.15, 0.2) is 59.4 Å². The first-order chi connectivity index (χ1) is 16.1. The zero-order valence-electron chi connectivity index (χ0n) is 18.5. The number of hydrogen-bond donors (Lipinski definition) is 2. The third kappa shape index (κ3) is 6.10. The highest BCUT2D eigenvalue weighted by molar-refractivity contribution is 8.00. The molecule has 0 bridgehead atoms. The number of nitrogens with zero attached hydrogens (tertiary/aromatic N) is 2. The Bertz CT molecular complexity index is 1220. The second kappa shape index (κ2) is 10.6. The number of aromatic nitrogens is 2. The third-order valence-electron chi connectivity index (χ3n) is 5.06. The van der Waals surface area contributed by atoms with Crippen LogP contribution in [0.3, 0.4) is 0 Å². The Morgan fingerprint density at radius 1 is 0.971 bits per heavy atom. The molecular formula is C23H23F3N4O3S. The van der Waals surface area contributed by atoms with Gasteiger partial charge in [-0.05, 0) is 36.8 Å². The number of carbonyl (C=O) groups excluding carboxylic acids is 2. The number of anilines is 1. The number of nitrogens with one attached hydrogen (secondary N) is 2. The Morgan fingerprint density at radius 3 is 2.21 bits per heavy atom. The topological polar surface area (TPSA) is 85.1 Å². The molecule has 0 fully saturated rings. The lowest BCUT2D eigenvalue weighted by molar-refractivity contribution is -0.137. The van der Waals surface area contributed by atoms with Crippen LogP contribution in [-0.2, 0) is 29.4 Å². The average molecular weight is 493 g/mol. The van der Waals surface area contributed by atoms with Gasteiger partial charge in [0.05, 0.1) is 28.5 Å². The first-order valence-electron chi connectivity index (χ1n) is 10.2. The highest BCUT2D eigenvalue weighted by Crippen LogP contribution is 2.29. The summed E-state index contributed by atoms with van der Waals surface area (Å²) < 4.78 is 40.9. The molecule has 0 unspecified atom stereocenters. The number of para-hydroxylation sites is 1. The molecule has 0 saturated carbocycles. The highest BCUT2D eigenvalue weighted by Gasteiger charge is 2.29. The van der Waals surface area contributed by atoms with Crippen molar-refractivity contribution in [1.29, 1.82) is 0 Å². The van der Waals surface area contributed by atoms with Crippen LogP contribution in [0.2, 0.25) is 0 Å². The molecule has 2 amide bonds. The van der Waals surface area contributed by atoms with E-state index in [1.54, 1.807) is 30.8 Å². The molecule has 2 N–H and O–H groups in total. The quantitative estimate of drug-likeness (QED) is 0.504. The van der Waals surface area contributed by atoms with Crippen LogP contribution in [0, 0.1) is 6.92 Å². The third-order valence-corrected chi connectivity index (χ3v) is 5.99. The lowest BCUT2D eigenvalue weighted by Crippen LogP contribution is -2.26. The average Bonchev–Trinajstić information content (AvgIpc) is 3.01. The van der Waals surface area contributed by atoms with Gasteiger partial charge < -0.3 is 10.6 Å². The maximum absolute atomic E-state index is 12.8. The summed E-state index contributed by atoms with van der Waals surface area (Å²) in [5.74, 6) is -0.852. The van der Waals surface area contributed by atoms with E-state index < -0.39 is 17.6 Å². The van der Waals surface area contributed by atoms with Gasteiger partial charge in [-0.2, -0.15) is 13.2 Å². The molecule has 0 aliphatic carbocycles. The lowest BCUT2D eigenvalue weighted by Gasteiger charge is -2.09. The van der Waals surface area contributed by atoms with E-state index in [9.17, 15) is 27.6 Å². The number of thioether (sulfide) groups is 1. The second-order valence-electron chi connectivity index (χ2n) is 7.45. The fraction of sp³-hybridized carbons (Fsp3) is 0.261. The summed E-state index contributed by atoms with van der Waals surface area (Å²) in [6.07, 6.45) is -4.41. The van der Waals surface area contributed by atoms with Crippen molar-refractivity contribution in [3.8, 4) is 5.69 Å². The van der Waals surface area contributed by atoms with Gasteiger partial charge in [-0.1, -0.05) is 30.3 Å². The van der Waals surface area contributed by atoms with Gasteiger partial charge in [-0.3, -0.25) is 19.1 Å². The van der Waals surface area contributed by atoms with Crippen LogP contribution in [0.4, 0.5) is 18.9 Å². The van der Waals surface area contributed by atoms with Gasteiger partial charge in [0.15, 0.2) is 0 Å². The molecule has 3 aromatic rings. The lowest BCUT2D eigenvalue weighted by atomic mass is 10.1. The molecular weight excluding hydrogens is 469 g/mol. The number of benzene rings is 2. The Balaban J connectivity index is 1.48. The summed E-state index contributed by atoms with van der Waals surface area (Å²) in [4.78, 5) is 37.1. The minimum absolute atomic E-state index is 0.0178. The highest BCUT2D eigenvalue weighted by atomic mass is 32.2. The van der Waals surface area contributed by atoms with E-state index in [-0.39, 0.29) is 35.2 Å². The van der Waals surface area contributed by atoms with Crippen molar-refractivity contribution in [3.05, 3.63) is 81.8 Å². The van der Waals surface area contributed by atoms with Crippen molar-refractivity contribution in [2.24, 2.45) is 7.05 Å². The predicted octanol–water partition coefficient (Wildman–Crippen LogP) is 3.49. The van der Waals surface area contributed by atoms with Crippen LogP contribution in [-0.4, -0.2) is 32.7 Å². The maximum Gasteiger partial charge on any atom is 0.416 e. The van der Waals surface area contributed by atoms with Crippen molar-refractivity contribution in [3.63, 3.8) is 0 Å². The molecule has 0 saturated heterocycles. The van der Waals surface area contributed by atoms with Crippen molar-refractivity contribution in [2.75, 3.05) is 16.8 Å². The molecule has 0 aliphatic rings. The minimum Gasteiger partial charge on any atom is -0.351 e. The molecule has 7 nitrogen and oxygen atoms in total. The van der Waals surface area contributed by atoms with Gasteiger partial charge in [-0.15, -0.1) is 11.8 Å². The van der Waals surface area contributed by atoms with Crippen molar-refractivity contribution in [2.45, 2.75) is 19.6 Å². The summed E-state index contributed by atoms with van der Waals surface area (Å²) in [5.41, 5.74) is 0.827. The Labute approximate surface area is 197 Å². The molecule has 11 heteroatoms. The predicted molar refractivity (Wildman–Crippen MR) is 125 cm³/mol. The minimum atomic E-state index is -4.41. The monoisotopic (exact) mass is 492 g/mol. The molecule has 34 heavy (non-hydrogen) atoms. The second-order valence-corrected chi connectivity index (χ2v) is 8.43. The van der Waals surface area contributed by atoms with Gasteiger partial charge in [0.1, 0.15) is 5.69 Å². The molecule has 0 radical (unpaired) electrons. The smallest absolute Gasteiger partial charge is 0.351 e. The first kappa shape index (κ1) is 25.2. The molecule has 2 aromatic carbocycles. The summed E-state index contributed by atoms with van der Waals surface area (Å²) in [7, 11) is 1.72. The number of amides is 2. The number of halogens is 3. The Kier molecular flexibility index (Phi) is 7.87. The standard InChI is InChI=1S/C23H23F3N4O3S/c1-15-21(22(33)30(29(15)2)18-6-4-3-5-7-18)28-20(32)14-34-13-19(31)27-12-16-8-10-17(11-9-16)23(24,25)26/h3-11H,12-14H2,1-2H3,(H,27,31)(H,28,32). The van der Waals surface area contributed by atoms with E-state index in [1.165, 1.54) is 16.8 Å². The summed E-state index contributed by atoms with van der Waals surface area (Å²) >= 11 is 1.06. The zero-order chi connectivity index (χ0) is 24.9. The van der Waals surface area contributed by atoms with Crippen LogP contribution < -0.4 is 16.2 Å². The SMILES string of the molecule is Cc1c(NC(=O)CSCC(=O)NCc2ccc(C(F)(F)F)cc2)c(=O)n(-c2ccccc2)n1C. The zero-order valence-corrected chi connectivity index (χ0v) is 19.3. The number of hydrogen-bond acceptors (Lipinski definition) is 4. The van der Waals surface area contributed by atoms with Crippen molar-refractivity contribution < 1.29 is 22.8 Å². The Hall–Kier alpha value is -3.47. The van der Waals surface area contributed by atoms with E-state index in [0.29, 0.717) is 16.9 Å². The van der Waals surface area contributed by atoms with Crippen LogP contribution in [0.5, 0.6) is 0 Å².